The zero-order valence-electron chi connectivity index (χ0n) is 12.7. The second-order valence-corrected chi connectivity index (χ2v) is 5.52. The van der Waals surface area contributed by atoms with Crippen molar-refractivity contribution >= 4 is 11.6 Å². The lowest BCUT2D eigenvalue weighted by atomic mass is 10.1. The minimum Gasteiger partial charge on any atom is -0.370 e. The highest BCUT2D eigenvalue weighted by atomic mass is 19.4. The van der Waals surface area contributed by atoms with Crippen LogP contribution in [0.15, 0.2) is 12.1 Å². The summed E-state index contributed by atoms with van der Waals surface area (Å²) < 4.78 is 39.2. The monoisotopic (exact) mass is 301 g/mol. The van der Waals surface area contributed by atoms with Crippen molar-refractivity contribution in [3.8, 4) is 0 Å². The average Bonchev–Trinajstić information content (AvgIpc) is 2.79. The van der Waals surface area contributed by atoms with Crippen molar-refractivity contribution in [2.45, 2.75) is 58.3 Å². The Morgan fingerprint density at radius 2 is 2.00 bits per heavy atom. The molecule has 2 unspecified atom stereocenters. The lowest BCUT2D eigenvalue weighted by Gasteiger charge is -2.30. The van der Waals surface area contributed by atoms with Crippen LogP contribution in [-0.4, -0.2) is 23.6 Å². The molecular formula is C15H22F3N3. The van der Waals surface area contributed by atoms with Gasteiger partial charge in [-0.1, -0.05) is 6.92 Å². The van der Waals surface area contributed by atoms with Gasteiger partial charge in [-0.05, 0) is 45.2 Å². The summed E-state index contributed by atoms with van der Waals surface area (Å²) in [5, 5.41) is 2.89. The Labute approximate surface area is 123 Å². The van der Waals surface area contributed by atoms with Crippen LogP contribution in [0.25, 0.3) is 0 Å². The van der Waals surface area contributed by atoms with Crippen LogP contribution in [0.2, 0.25) is 0 Å². The molecule has 1 N–H and O–H groups in total. The fourth-order valence-corrected chi connectivity index (χ4v) is 2.97. The molecule has 21 heavy (non-hydrogen) atoms. The second kappa shape index (κ2) is 6.12. The first kappa shape index (κ1) is 15.9. The lowest BCUT2D eigenvalue weighted by Crippen LogP contribution is -2.35. The van der Waals surface area contributed by atoms with Crippen molar-refractivity contribution in [2.24, 2.45) is 0 Å². The second-order valence-electron chi connectivity index (χ2n) is 5.52. The number of hydrogen-bond donors (Lipinski definition) is 1. The largest absolute Gasteiger partial charge is 0.416 e. The van der Waals surface area contributed by atoms with E-state index in [1.807, 2.05) is 18.7 Å². The van der Waals surface area contributed by atoms with Gasteiger partial charge >= 0.3 is 6.18 Å². The number of anilines is 2. The molecule has 3 nitrogen and oxygen atoms in total. The van der Waals surface area contributed by atoms with Crippen molar-refractivity contribution in [1.82, 2.24) is 4.98 Å². The molecule has 1 aliphatic heterocycles. The molecule has 1 aromatic heterocycles. The average molecular weight is 301 g/mol. The van der Waals surface area contributed by atoms with E-state index in [9.17, 15) is 13.2 Å². The van der Waals surface area contributed by atoms with E-state index < -0.39 is 11.7 Å². The van der Waals surface area contributed by atoms with Gasteiger partial charge < -0.3 is 10.2 Å². The van der Waals surface area contributed by atoms with Gasteiger partial charge in [0.15, 0.2) is 0 Å². The Morgan fingerprint density at radius 3 is 2.57 bits per heavy atom. The van der Waals surface area contributed by atoms with E-state index >= 15 is 0 Å². The summed E-state index contributed by atoms with van der Waals surface area (Å²) in [5.74, 6) is 0.717. The molecule has 2 rings (SSSR count). The highest BCUT2D eigenvalue weighted by Gasteiger charge is 2.35. The van der Waals surface area contributed by atoms with E-state index in [1.165, 1.54) is 6.07 Å². The normalized spacial score (nSPS) is 22.7. The molecule has 1 aromatic rings. The van der Waals surface area contributed by atoms with Gasteiger partial charge in [-0.2, -0.15) is 13.2 Å². The molecule has 0 radical (unpaired) electrons. The van der Waals surface area contributed by atoms with Gasteiger partial charge in [0, 0.05) is 18.6 Å². The molecule has 6 heteroatoms. The topological polar surface area (TPSA) is 28.2 Å². The highest BCUT2D eigenvalue weighted by Crippen LogP contribution is 2.36. The predicted octanol–water partition coefficient (Wildman–Crippen LogP) is 4.30. The Balaban J connectivity index is 2.44. The van der Waals surface area contributed by atoms with E-state index in [1.54, 1.807) is 0 Å². The summed E-state index contributed by atoms with van der Waals surface area (Å²) >= 11 is 0. The molecule has 1 saturated heterocycles. The summed E-state index contributed by atoms with van der Waals surface area (Å²) in [4.78, 5) is 6.42. The number of pyridine rings is 1. The number of hydrogen-bond acceptors (Lipinski definition) is 3. The summed E-state index contributed by atoms with van der Waals surface area (Å²) in [7, 11) is 0. The Kier molecular flexibility index (Phi) is 4.64. The molecule has 0 amide bonds. The van der Waals surface area contributed by atoms with Crippen LogP contribution < -0.4 is 10.2 Å². The van der Waals surface area contributed by atoms with Crippen LogP contribution in [0, 0.1) is 0 Å². The van der Waals surface area contributed by atoms with E-state index in [0.29, 0.717) is 12.4 Å². The van der Waals surface area contributed by atoms with E-state index in [-0.39, 0.29) is 17.9 Å². The number of aromatic nitrogens is 1. The first-order valence-electron chi connectivity index (χ1n) is 7.48. The van der Waals surface area contributed by atoms with Gasteiger partial charge in [-0.25, -0.2) is 4.98 Å². The third-order valence-corrected chi connectivity index (χ3v) is 4.02. The zero-order chi connectivity index (χ0) is 15.6. The molecule has 0 spiro atoms. The predicted molar refractivity (Wildman–Crippen MR) is 78.7 cm³/mol. The van der Waals surface area contributed by atoms with Crippen LogP contribution in [0.5, 0.6) is 0 Å². The third kappa shape index (κ3) is 3.41. The molecule has 2 atom stereocenters. The summed E-state index contributed by atoms with van der Waals surface area (Å²) in [6.45, 7) is 6.49. The van der Waals surface area contributed by atoms with Crippen LogP contribution in [0.4, 0.5) is 24.8 Å². The molecule has 118 valence electrons. The zero-order valence-corrected chi connectivity index (χ0v) is 12.7. The Bertz CT molecular complexity index is 488. The minimum atomic E-state index is -4.35. The van der Waals surface area contributed by atoms with E-state index in [4.69, 9.17) is 0 Å². The molecule has 0 aliphatic carbocycles. The summed E-state index contributed by atoms with van der Waals surface area (Å²) in [6, 6.07) is 2.74. The maximum Gasteiger partial charge on any atom is 0.416 e. The standard InChI is InChI=1S/C15H22F3N3/c1-4-12-7-6-10(3)21(12)14-9-11(15(16,17)18)8-13(20-14)19-5-2/h8-10,12H,4-7H2,1-3H3,(H,19,20). The minimum absolute atomic E-state index is 0.223. The van der Waals surface area contributed by atoms with Gasteiger partial charge in [0.25, 0.3) is 0 Å². The molecule has 1 fully saturated rings. The van der Waals surface area contributed by atoms with Crippen molar-refractivity contribution in [1.29, 1.82) is 0 Å². The molecule has 2 heterocycles. The summed E-state index contributed by atoms with van der Waals surface area (Å²) in [5.41, 5.74) is -0.641. The third-order valence-electron chi connectivity index (χ3n) is 4.02. The van der Waals surface area contributed by atoms with Crippen LogP contribution in [0.1, 0.15) is 45.6 Å². The maximum absolute atomic E-state index is 13.1. The van der Waals surface area contributed by atoms with Crippen molar-refractivity contribution < 1.29 is 13.2 Å². The van der Waals surface area contributed by atoms with Crippen LogP contribution in [0.3, 0.4) is 0 Å². The van der Waals surface area contributed by atoms with Crippen LogP contribution >= 0.6 is 0 Å². The van der Waals surface area contributed by atoms with Crippen molar-refractivity contribution in [3.05, 3.63) is 17.7 Å². The van der Waals surface area contributed by atoms with Gasteiger partial charge in [0.05, 0.1) is 5.56 Å². The lowest BCUT2D eigenvalue weighted by molar-refractivity contribution is -0.137. The SMILES string of the molecule is CCNc1cc(C(F)(F)F)cc(N2C(C)CCC2CC)n1. The molecule has 0 saturated carbocycles. The van der Waals surface area contributed by atoms with Crippen molar-refractivity contribution in [3.63, 3.8) is 0 Å². The highest BCUT2D eigenvalue weighted by molar-refractivity contribution is 5.53. The maximum atomic E-state index is 13.1. The molecule has 0 aromatic carbocycles. The number of alkyl halides is 3. The molecular weight excluding hydrogens is 279 g/mol. The molecule has 1 aliphatic rings. The fourth-order valence-electron chi connectivity index (χ4n) is 2.97. The van der Waals surface area contributed by atoms with Gasteiger partial charge in [-0.15, -0.1) is 0 Å². The fraction of sp³-hybridized carbons (Fsp3) is 0.667. The van der Waals surface area contributed by atoms with Crippen LogP contribution in [-0.2, 0) is 6.18 Å². The Hall–Kier alpha value is -1.46. The number of halogens is 3. The van der Waals surface area contributed by atoms with Gasteiger partial charge in [0.2, 0.25) is 0 Å². The summed E-state index contributed by atoms with van der Waals surface area (Å²) in [6.07, 6.45) is -1.44. The van der Waals surface area contributed by atoms with E-state index in [2.05, 4.69) is 17.2 Å². The Morgan fingerprint density at radius 1 is 1.29 bits per heavy atom. The number of nitrogens with one attached hydrogen (secondary N) is 1. The van der Waals surface area contributed by atoms with E-state index in [0.717, 1.165) is 25.3 Å². The first-order valence-corrected chi connectivity index (χ1v) is 7.48. The number of rotatable bonds is 4. The van der Waals surface area contributed by atoms with Gasteiger partial charge in [0.1, 0.15) is 11.6 Å². The number of nitrogens with zero attached hydrogens (tertiary/aromatic N) is 2. The van der Waals surface area contributed by atoms with Gasteiger partial charge in [-0.3, -0.25) is 0 Å². The first-order chi connectivity index (χ1) is 9.86. The molecule has 0 bridgehead atoms. The van der Waals surface area contributed by atoms with Crippen molar-refractivity contribution in [2.75, 3.05) is 16.8 Å². The smallest absolute Gasteiger partial charge is 0.370 e. The quantitative estimate of drug-likeness (QED) is 0.898.